The molecule has 0 saturated heterocycles. The number of aliphatic hydroxyl groups is 1. The molecule has 5 nitrogen and oxygen atoms in total. The van der Waals surface area contributed by atoms with Gasteiger partial charge in [0.05, 0.1) is 11.5 Å². The number of nitro groups is 1. The molecule has 0 amide bonds. The lowest BCUT2D eigenvalue weighted by Gasteiger charge is -2.35. The van der Waals surface area contributed by atoms with E-state index in [-0.39, 0.29) is 17.2 Å². The monoisotopic (exact) mass is 278 g/mol. The van der Waals surface area contributed by atoms with Gasteiger partial charge < -0.3 is 10.0 Å². The highest BCUT2D eigenvalue weighted by Crippen LogP contribution is 2.30. The molecular formula is C15H22N2O3. The third-order valence-corrected chi connectivity index (χ3v) is 3.95. The maximum atomic E-state index is 11.0. The molecule has 0 atom stereocenters. The predicted octanol–water partition coefficient (Wildman–Crippen LogP) is 3.03. The van der Waals surface area contributed by atoms with E-state index in [1.54, 1.807) is 12.1 Å². The molecule has 1 aliphatic rings. The Kier molecular flexibility index (Phi) is 4.95. The largest absolute Gasteiger partial charge is 0.395 e. The number of hydrogen-bond donors (Lipinski definition) is 1. The second-order valence-corrected chi connectivity index (χ2v) is 5.49. The molecule has 1 N–H and O–H groups in total. The number of non-ortho nitro benzene ring substituents is 1. The first-order valence-corrected chi connectivity index (χ1v) is 7.25. The lowest BCUT2D eigenvalue weighted by Crippen LogP contribution is -2.38. The summed E-state index contributed by atoms with van der Waals surface area (Å²) in [6, 6.07) is 5.56. The average Bonchev–Trinajstić information content (AvgIpc) is 2.45. The third kappa shape index (κ3) is 3.48. The van der Waals surface area contributed by atoms with Crippen LogP contribution in [-0.2, 0) is 0 Å². The Labute approximate surface area is 119 Å². The van der Waals surface area contributed by atoms with Crippen molar-refractivity contribution >= 4 is 11.4 Å². The number of rotatable bonds is 5. The van der Waals surface area contributed by atoms with E-state index in [1.807, 2.05) is 13.0 Å². The van der Waals surface area contributed by atoms with Gasteiger partial charge in [-0.1, -0.05) is 19.3 Å². The summed E-state index contributed by atoms with van der Waals surface area (Å²) in [5, 5.41) is 20.3. The summed E-state index contributed by atoms with van der Waals surface area (Å²) in [4.78, 5) is 12.8. The first kappa shape index (κ1) is 14.8. The van der Waals surface area contributed by atoms with Crippen molar-refractivity contribution in [2.45, 2.75) is 45.1 Å². The van der Waals surface area contributed by atoms with Crippen molar-refractivity contribution in [2.24, 2.45) is 0 Å². The molecule has 0 aromatic heterocycles. The zero-order valence-electron chi connectivity index (χ0n) is 11.9. The fourth-order valence-electron chi connectivity index (χ4n) is 3.04. The van der Waals surface area contributed by atoms with Gasteiger partial charge in [-0.2, -0.15) is 0 Å². The number of hydrogen-bond acceptors (Lipinski definition) is 4. The highest BCUT2D eigenvalue weighted by molar-refractivity contribution is 5.56. The van der Waals surface area contributed by atoms with Crippen LogP contribution in [-0.4, -0.2) is 29.2 Å². The van der Waals surface area contributed by atoms with Crippen LogP contribution < -0.4 is 4.90 Å². The minimum Gasteiger partial charge on any atom is -0.395 e. The summed E-state index contributed by atoms with van der Waals surface area (Å²) < 4.78 is 0. The Morgan fingerprint density at radius 1 is 1.30 bits per heavy atom. The van der Waals surface area contributed by atoms with Gasteiger partial charge in [-0.3, -0.25) is 10.1 Å². The van der Waals surface area contributed by atoms with Crippen LogP contribution in [0.1, 0.15) is 37.7 Å². The van der Waals surface area contributed by atoms with E-state index in [9.17, 15) is 15.2 Å². The van der Waals surface area contributed by atoms with Gasteiger partial charge in [0.2, 0.25) is 0 Å². The maximum Gasteiger partial charge on any atom is 0.271 e. The smallest absolute Gasteiger partial charge is 0.271 e. The molecule has 2 rings (SSSR count). The van der Waals surface area contributed by atoms with Crippen molar-refractivity contribution in [1.82, 2.24) is 0 Å². The lowest BCUT2D eigenvalue weighted by atomic mass is 9.93. The fourth-order valence-corrected chi connectivity index (χ4v) is 3.04. The van der Waals surface area contributed by atoms with Crippen molar-refractivity contribution in [2.75, 3.05) is 18.1 Å². The SMILES string of the molecule is Cc1cc(N(CCO)C2CCCCC2)cc([N+](=O)[O-])c1. The molecule has 5 heteroatoms. The molecule has 20 heavy (non-hydrogen) atoms. The van der Waals surface area contributed by atoms with Crippen molar-refractivity contribution in [3.8, 4) is 0 Å². The molecule has 1 aromatic rings. The Bertz CT molecular complexity index is 470. The quantitative estimate of drug-likeness (QED) is 0.664. The highest BCUT2D eigenvalue weighted by atomic mass is 16.6. The molecule has 1 aliphatic carbocycles. The number of benzene rings is 1. The van der Waals surface area contributed by atoms with Crippen LogP contribution in [0.5, 0.6) is 0 Å². The van der Waals surface area contributed by atoms with Gasteiger partial charge in [-0.15, -0.1) is 0 Å². The van der Waals surface area contributed by atoms with Gasteiger partial charge in [0.1, 0.15) is 0 Å². The zero-order valence-corrected chi connectivity index (χ0v) is 11.9. The minimum absolute atomic E-state index is 0.0677. The Hall–Kier alpha value is -1.62. The van der Waals surface area contributed by atoms with E-state index in [1.165, 1.54) is 19.3 Å². The van der Waals surface area contributed by atoms with Gasteiger partial charge in [-0.25, -0.2) is 0 Å². The molecular weight excluding hydrogens is 256 g/mol. The molecule has 1 fully saturated rings. The summed E-state index contributed by atoms with van der Waals surface area (Å²) in [5.74, 6) is 0. The molecule has 1 aromatic carbocycles. The predicted molar refractivity (Wildman–Crippen MR) is 79.1 cm³/mol. The maximum absolute atomic E-state index is 11.0. The molecule has 0 heterocycles. The standard InChI is InChI=1S/C15H22N2O3/c1-12-9-14(11-15(10-12)17(19)20)16(7-8-18)13-5-3-2-4-6-13/h9-11,13,18H,2-8H2,1H3. The van der Waals surface area contributed by atoms with E-state index in [0.717, 1.165) is 24.1 Å². The third-order valence-electron chi connectivity index (χ3n) is 3.95. The second kappa shape index (κ2) is 6.70. The number of nitrogens with zero attached hydrogens (tertiary/aromatic N) is 2. The van der Waals surface area contributed by atoms with Crippen molar-refractivity contribution in [3.63, 3.8) is 0 Å². The van der Waals surface area contributed by atoms with Crippen LogP contribution in [0.25, 0.3) is 0 Å². The molecule has 0 spiro atoms. The van der Waals surface area contributed by atoms with E-state index < -0.39 is 0 Å². The Balaban J connectivity index is 2.30. The average molecular weight is 278 g/mol. The van der Waals surface area contributed by atoms with E-state index in [2.05, 4.69) is 4.90 Å². The van der Waals surface area contributed by atoms with Gasteiger partial charge in [-0.05, 0) is 31.4 Å². The number of aliphatic hydroxyl groups excluding tert-OH is 1. The van der Waals surface area contributed by atoms with Gasteiger partial charge >= 0.3 is 0 Å². The van der Waals surface area contributed by atoms with E-state index in [4.69, 9.17) is 0 Å². The molecule has 1 saturated carbocycles. The summed E-state index contributed by atoms with van der Waals surface area (Å²) in [7, 11) is 0. The number of aryl methyl sites for hydroxylation is 1. The Morgan fingerprint density at radius 2 is 2.00 bits per heavy atom. The van der Waals surface area contributed by atoms with Crippen LogP contribution in [0.3, 0.4) is 0 Å². The van der Waals surface area contributed by atoms with Crippen LogP contribution >= 0.6 is 0 Å². The van der Waals surface area contributed by atoms with Crippen molar-refractivity contribution in [3.05, 3.63) is 33.9 Å². The molecule has 0 aliphatic heterocycles. The number of nitro benzene ring substituents is 1. The molecule has 0 bridgehead atoms. The zero-order chi connectivity index (χ0) is 14.5. The normalized spacial score (nSPS) is 16.1. The Morgan fingerprint density at radius 3 is 2.60 bits per heavy atom. The fraction of sp³-hybridized carbons (Fsp3) is 0.600. The van der Waals surface area contributed by atoms with Crippen molar-refractivity contribution < 1.29 is 10.0 Å². The van der Waals surface area contributed by atoms with Gasteiger partial charge in [0.15, 0.2) is 0 Å². The second-order valence-electron chi connectivity index (χ2n) is 5.49. The molecule has 0 unspecified atom stereocenters. The molecule has 110 valence electrons. The summed E-state index contributed by atoms with van der Waals surface area (Å²) in [5.41, 5.74) is 1.87. The van der Waals surface area contributed by atoms with Crippen LogP contribution in [0, 0.1) is 17.0 Å². The first-order chi connectivity index (χ1) is 9.61. The van der Waals surface area contributed by atoms with Crippen LogP contribution in [0.15, 0.2) is 18.2 Å². The summed E-state index contributed by atoms with van der Waals surface area (Å²) in [6.07, 6.45) is 5.85. The van der Waals surface area contributed by atoms with Gasteiger partial charge in [0, 0.05) is 30.4 Å². The summed E-state index contributed by atoms with van der Waals surface area (Å²) in [6.45, 7) is 2.47. The van der Waals surface area contributed by atoms with Crippen LogP contribution in [0.4, 0.5) is 11.4 Å². The summed E-state index contributed by atoms with van der Waals surface area (Å²) >= 11 is 0. The first-order valence-electron chi connectivity index (χ1n) is 7.25. The van der Waals surface area contributed by atoms with Crippen LogP contribution in [0.2, 0.25) is 0 Å². The highest BCUT2D eigenvalue weighted by Gasteiger charge is 2.22. The van der Waals surface area contributed by atoms with E-state index in [0.29, 0.717) is 12.6 Å². The van der Waals surface area contributed by atoms with Crippen molar-refractivity contribution in [1.29, 1.82) is 0 Å². The lowest BCUT2D eigenvalue weighted by molar-refractivity contribution is -0.384. The van der Waals surface area contributed by atoms with Gasteiger partial charge in [0.25, 0.3) is 5.69 Å². The number of anilines is 1. The van der Waals surface area contributed by atoms with E-state index >= 15 is 0 Å². The minimum atomic E-state index is -0.353. The molecule has 0 radical (unpaired) electrons. The topological polar surface area (TPSA) is 66.6 Å².